The molecule has 1 aliphatic heterocycles. The van der Waals surface area contributed by atoms with Gasteiger partial charge in [0.05, 0.1) is 21.9 Å². The van der Waals surface area contributed by atoms with Crippen LogP contribution >= 0.6 is 35.0 Å². The first-order valence-electron chi connectivity index (χ1n) is 11.0. The largest absolute Gasteiger partial charge is 0.477 e. The molecular formula is C25H29Cl2NO4S. The van der Waals surface area contributed by atoms with Crippen molar-refractivity contribution in [3.8, 4) is 11.8 Å². The van der Waals surface area contributed by atoms with Crippen LogP contribution in [0.15, 0.2) is 28.8 Å². The van der Waals surface area contributed by atoms with Gasteiger partial charge in [0, 0.05) is 35.7 Å². The number of carbonyl (C=O) groups is 2. The van der Waals surface area contributed by atoms with E-state index in [1.807, 2.05) is 20.8 Å². The van der Waals surface area contributed by atoms with Crippen molar-refractivity contribution in [2.45, 2.75) is 70.3 Å². The zero-order valence-corrected chi connectivity index (χ0v) is 21.6. The van der Waals surface area contributed by atoms with Crippen LogP contribution < -0.4 is 0 Å². The highest BCUT2D eigenvalue weighted by atomic mass is 35.5. The van der Waals surface area contributed by atoms with Crippen molar-refractivity contribution in [3.05, 3.63) is 44.4 Å². The number of hydrogen-bond acceptors (Lipinski definition) is 4. The van der Waals surface area contributed by atoms with Crippen molar-refractivity contribution < 1.29 is 19.4 Å². The Morgan fingerprint density at radius 2 is 1.85 bits per heavy atom. The van der Waals surface area contributed by atoms with Gasteiger partial charge in [0.2, 0.25) is 0 Å². The maximum atomic E-state index is 13.8. The Hall–Kier alpha value is -1.65. The minimum Gasteiger partial charge on any atom is -0.477 e. The van der Waals surface area contributed by atoms with Crippen LogP contribution in [0.1, 0.15) is 63.2 Å². The molecule has 0 aromatic heterocycles. The zero-order valence-electron chi connectivity index (χ0n) is 19.3. The van der Waals surface area contributed by atoms with E-state index in [1.54, 1.807) is 24.1 Å². The number of benzene rings is 1. The molecule has 5 nitrogen and oxygen atoms in total. The normalized spacial score (nSPS) is 23.2. The molecule has 1 atom stereocenters. The number of rotatable bonds is 5. The second-order valence-electron chi connectivity index (χ2n) is 9.38. The Morgan fingerprint density at radius 1 is 1.18 bits per heavy atom. The van der Waals surface area contributed by atoms with E-state index in [2.05, 4.69) is 11.8 Å². The maximum absolute atomic E-state index is 13.8. The number of allylic oxidation sites excluding steroid dienone is 1. The lowest BCUT2D eigenvalue weighted by Crippen LogP contribution is -2.43. The van der Waals surface area contributed by atoms with Gasteiger partial charge in [0.1, 0.15) is 4.91 Å². The Morgan fingerprint density at radius 3 is 2.39 bits per heavy atom. The first-order chi connectivity index (χ1) is 15.5. The van der Waals surface area contributed by atoms with Gasteiger partial charge < -0.3 is 14.7 Å². The minimum absolute atomic E-state index is 0.144. The standard InChI is InChI=1S/C25H29Cl2NO4S/c1-25(2,3)12-11-18-14-21(22(33-18)24(30)31)28(16-6-8-17(32-4)9-7-16)23(29)19-10-5-15(26)13-20(19)27/h5,10,13,16-18H,6-9,14H2,1-4H3,(H,30,31). The molecule has 0 spiro atoms. The zero-order chi connectivity index (χ0) is 24.3. The van der Waals surface area contributed by atoms with Gasteiger partial charge in [0.25, 0.3) is 5.91 Å². The van der Waals surface area contributed by atoms with E-state index in [9.17, 15) is 14.7 Å². The van der Waals surface area contributed by atoms with Crippen LogP contribution in [0.25, 0.3) is 0 Å². The molecule has 3 rings (SSSR count). The van der Waals surface area contributed by atoms with Crippen molar-refractivity contribution in [1.82, 2.24) is 4.90 Å². The van der Waals surface area contributed by atoms with Crippen molar-refractivity contribution in [1.29, 1.82) is 0 Å². The molecule has 1 amide bonds. The fourth-order valence-corrected chi connectivity index (χ4v) is 5.67. The van der Waals surface area contributed by atoms with E-state index < -0.39 is 5.97 Å². The van der Waals surface area contributed by atoms with Crippen molar-refractivity contribution in [2.75, 3.05) is 7.11 Å². The van der Waals surface area contributed by atoms with E-state index in [0.717, 1.165) is 25.7 Å². The number of carboxylic acids is 1. The number of aliphatic carboxylic acids is 1. The van der Waals surface area contributed by atoms with E-state index >= 15 is 0 Å². The monoisotopic (exact) mass is 509 g/mol. The fraction of sp³-hybridized carbons (Fsp3) is 0.520. The maximum Gasteiger partial charge on any atom is 0.344 e. The number of carboxylic acid groups (broad SMARTS) is 1. The summed E-state index contributed by atoms with van der Waals surface area (Å²) in [6, 6.07) is 4.61. The van der Waals surface area contributed by atoms with Crippen molar-refractivity contribution in [3.63, 3.8) is 0 Å². The van der Waals surface area contributed by atoms with Gasteiger partial charge in [0.15, 0.2) is 0 Å². The summed E-state index contributed by atoms with van der Waals surface area (Å²) in [4.78, 5) is 27.8. The summed E-state index contributed by atoms with van der Waals surface area (Å²) in [5.41, 5.74) is 0.622. The van der Waals surface area contributed by atoms with Crippen LogP contribution in [0.2, 0.25) is 10.0 Å². The number of hydrogen-bond donors (Lipinski definition) is 1. The van der Waals surface area contributed by atoms with Crippen molar-refractivity contribution >= 4 is 46.8 Å². The van der Waals surface area contributed by atoms with Crippen LogP contribution in [0.5, 0.6) is 0 Å². The van der Waals surface area contributed by atoms with Gasteiger partial charge in [-0.3, -0.25) is 4.79 Å². The third-order valence-electron chi connectivity index (χ3n) is 5.72. The smallest absolute Gasteiger partial charge is 0.344 e. The predicted molar refractivity (Wildman–Crippen MR) is 134 cm³/mol. The summed E-state index contributed by atoms with van der Waals surface area (Å²) in [6.45, 7) is 6.04. The van der Waals surface area contributed by atoms with Gasteiger partial charge in [-0.2, -0.15) is 0 Å². The molecule has 1 saturated carbocycles. The summed E-state index contributed by atoms with van der Waals surface area (Å²) in [6.07, 6.45) is 3.57. The fourth-order valence-electron chi connectivity index (χ4n) is 4.12. The Balaban J connectivity index is 2.01. The van der Waals surface area contributed by atoms with Crippen LogP contribution in [-0.2, 0) is 9.53 Å². The SMILES string of the molecule is COC1CCC(N(C(=O)c2ccc(Cl)cc2Cl)C2=C(C(=O)O)SC(C#CC(C)(C)C)C2)CC1. The van der Waals surface area contributed by atoms with Crippen LogP contribution in [-0.4, -0.2) is 46.4 Å². The highest BCUT2D eigenvalue weighted by Crippen LogP contribution is 2.43. The molecule has 1 aromatic carbocycles. The predicted octanol–water partition coefficient (Wildman–Crippen LogP) is 6.24. The summed E-state index contributed by atoms with van der Waals surface area (Å²) in [5, 5.41) is 10.4. The van der Waals surface area contributed by atoms with E-state index in [1.165, 1.54) is 17.8 Å². The lowest BCUT2D eigenvalue weighted by molar-refractivity contribution is -0.131. The first-order valence-corrected chi connectivity index (χ1v) is 12.6. The molecule has 1 N–H and O–H groups in total. The topological polar surface area (TPSA) is 66.8 Å². The third kappa shape index (κ3) is 6.48. The Kier molecular flexibility index (Phi) is 8.45. The lowest BCUT2D eigenvalue weighted by atomic mass is 9.90. The number of methoxy groups -OCH3 is 1. The van der Waals surface area contributed by atoms with E-state index in [-0.39, 0.29) is 38.6 Å². The van der Waals surface area contributed by atoms with Crippen LogP contribution in [0.4, 0.5) is 0 Å². The number of carbonyl (C=O) groups excluding carboxylic acids is 1. The average Bonchev–Trinajstić information content (AvgIpc) is 3.16. The van der Waals surface area contributed by atoms with Crippen molar-refractivity contribution in [2.24, 2.45) is 5.41 Å². The Bertz CT molecular complexity index is 1010. The quantitative estimate of drug-likeness (QED) is 0.475. The molecule has 1 aromatic rings. The first kappa shape index (κ1) is 26.0. The molecule has 1 unspecified atom stereocenters. The second kappa shape index (κ2) is 10.7. The minimum atomic E-state index is -1.04. The number of nitrogens with zero attached hydrogens (tertiary/aromatic N) is 1. The average molecular weight is 510 g/mol. The summed E-state index contributed by atoms with van der Waals surface area (Å²) in [5.74, 6) is 5.07. The van der Waals surface area contributed by atoms with Gasteiger partial charge in [-0.25, -0.2) is 4.79 Å². The number of thioether (sulfide) groups is 1. The highest BCUT2D eigenvalue weighted by molar-refractivity contribution is 8.05. The number of halogens is 2. The van der Waals surface area contributed by atoms with E-state index in [0.29, 0.717) is 22.7 Å². The molecule has 1 fully saturated rings. The molecule has 1 aliphatic carbocycles. The molecule has 178 valence electrons. The Labute approximate surface area is 209 Å². The molecule has 8 heteroatoms. The van der Waals surface area contributed by atoms with Gasteiger partial charge in [-0.15, -0.1) is 0 Å². The summed E-state index contributed by atoms with van der Waals surface area (Å²) < 4.78 is 5.49. The molecule has 33 heavy (non-hydrogen) atoms. The second-order valence-corrected chi connectivity index (χ2v) is 11.4. The van der Waals surface area contributed by atoms with Crippen LogP contribution in [0.3, 0.4) is 0 Å². The molecule has 2 aliphatic rings. The summed E-state index contributed by atoms with van der Waals surface area (Å²) in [7, 11) is 1.69. The van der Waals surface area contributed by atoms with Gasteiger partial charge >= 0.3 is 5.97 Å². The third-order valence-corrected chi connectivity index (χ3v) is 7.48. The lowest BCUT2D eigenvalue weighted by Gasteiger charge is -2.37. The molecule has 0 radical (unpaired) electrons. The number of amides is 1. The highest BCUT2D eigenvalue weighted by Gasteiger charge is 2.39. The van der Waals surface area contributed by atoms with Crippen LogP contribution in [0, 0.1) is 17.3 Å². The summed E-state index contributed by atoms with van der Waals surface area (Å²) >= 11 is 13.6. The number of ether oxygens (including phenoxy) is 1. The van der Waals surface area contributed by atoms with Gasteiger partial charge in [-0.05, 0) is 64.7 Å². The molecule has 1 heterocycles. The van der Waals surface area contributed by atoms with E-state index in [4.69, 9.17) is 27.9 Å². The molecule has 0 bridgehead atoms. The van der Waals surface area contributed by atoms with Gasteiger partial charge in [-0.1, -0.05) is 46.8 Å². The molecular weight excluding hydrogens is 481 g/mol. The molecule has 0 saturated heterocycles.